The van der Waals surface area contributed by atoms with Crippen LogP contribution in [0.5, 0.6) is 0 Å². The van der Waals surface area contributed by atoms with Crippen LogP contribution in [0.2, 0.25) is 0 Å². The standard InChI is InChI=1S/C12H15BrO2.C9H10BrNO2/c1-12(2,3)15-11(14)10-6-4-9(8-13)5-7-10;10-5-7-1-3-8(4-2-7)6-13-9(11)12/h4-7H,8H2,1-3H3;1-4H,5-6H2,(H2,11,12). The van der Waals surface area contributed by atoms with Gasteiger partial charge in [0.15, 0.2) is 0 Å². The first-order valence-corrected chi connectivity index (χ1v) is 10.8. The molecule has 0 aliphatic rings. The minimum absolute atomic E-state index is 0.234. The largest absolute Gasteiger partial charge is 0.456 e. The number of hydrogen-bond acceptors (Lipinski definition) is 4. The van der Waals surface area contributed by atoms with Gasteiger partial charge in [-0.1, -0.05) is 68.3 Å². The summed E-state index contributed by atoms with van der Waals surface area (Å²) < 4.78 is 9.88. The Labute approximate surface area is 182 Å². The summed E-state index contributed by atoms with van der Waals surface area (Å²) in [4.78, 5) is 21.9. The molecule has 0 spiro atoms. The molecule has 0 aliphatic carbocycles. The van der Waals surface area contributed by atoms with Gasteiger partial charge in [0, 0.05) is 10.7 Å². The Morgan fingerprint density at radius 3 is 1.68 bits per heavy atom. The van der Waals surface area contributed by atoms with Gasteiger partial charge in [-0.25, -0.2) is 9.59 Å². The van der Waals surface area contributed by atoms with Crippen LogP contribution in [0, 0.1) is 0 Å². The fourth-order valence-corrected chi connectivity index (χ4v) is 2.69. The number of halogens is 2. The lowest BCUT2D eigenvalue weighted by Crippen LogP contribution is -2.23. The fraction of sp³-hybridized carbons (Fsp3) is 0.333. The Morgan fingerprint density at radius 2 is 1.29 bits per heavy atom. The maximum Gasteiger partial charge on any atom is 0.404 e. The van der Waals surface area contributed by atoms with Gasteiger partial charge in [-0.2, -0.15) is 0 Å². The molecule has 5 nitrogen and oxygen atoms in total. The van der Waals surface area contributed by atoms with Gasteiger partial charge in [0.25, 0.3) is 0 Å². The van der Waals surface area contributed by atoms with E-state index in [-0.39, 0.29) is 12.6 Å². The van der Waals surface area contributed by atoms with E-state index in [9.17, 15) is 9.59 Å². The number of esters is 1. The minimum atomic E-state index is -0.746. The maximum absolute atomic E-state index is 11.6. The Kier molecular flexibility index (Phi) is 10.2. The van der Waals surface area contributed by atoms with E-state index in [4.69, 9.17) is 10.5 Å². The summed E-state index contributed by atoms with van der Waals surface area (Å²) in [5.41, 5.74) is 8.24. The van der Waals surface area contributed by atoms with Crippen LogP contribution in [0.4, 0.5) is 4.79 Å². The monoisotopic (exact) mass is 513 g/mol. The normalized spacial score (nSPS) is 10.5. The van der Waals surface area contributed by atoms with Crippen molar-refractivity contribution in [3.05, 3.63) is 70.8 Å². The second kappa shape index (κ2) is 11.9. The Morgan fingerprint density at radius 1 is 0.857 bits per heavy atom. The Bertz CT molecular complexity index is 753. The van der Waals surface area contributed by atoms with Crippen molar-refractivity contribution >= 4 is 43.9 Å². The summed E-state index contributed by atoms with van der Waals surface area (Å²) in [5.74, 6) is -0.274. The van der Waals surface area contributed by atoms with Crippen molar-refractivity contribution in [2.24, 2.45) is 5.73 Å². The SMILES string of the molecule is CC(C)(C)OC(=O)c1ccc(CBr)cc1.NC(=O)OCc1ccc(CBr)cc1. The molecule has 0 heterocycles. The smallest absolute Gasteiger partial charge is 0.404 e. The first kappa shape index (κ1) is 24.2. The number of amides is 1. The highest BCUT2D eigenvalue weighted by atomic mass is 79.9. The number of rotatable bonds is 5. The predicted molar refractivity (Wildman–Crippen MR) is 118 cm³/mol. The lowest BCUT2D eigenvalue weighted by molar-refractivity contribution is 0.00694. The maximum atomic E-state index is 11.6. The molecule has 0 aliphatic heterocycles. The molecule has 0 aromatic heterocycles. The topological polar surface area (TPSA) is 78.6 Å². The molecule has 0 bridgehead atoms. The van der Waals surface area contributed by atoms with E-state index < -0.39 is 11.7 Å². The molecule has 7 heteroatoms. The second-order valence-corrected chi connectivity index (χ2v) is 8.01. The van der Waals surface area contributed by atoms with Crippen LogP contribution in [0.3, 0.4) is 0 Å². The van der Waals surface area contributed by atoms with Crippen LogP contribution in [0.15, 0.2) is 48.5 Å². The summed E-state index contributed by atoms with van der Waals surface area (Å²) in [5, 5.41) is 1.62. The molecule has 0 unspecified atom stereocenters. The third-order valence-electron chi connectivity index (χ3n) is 3.30. The van der Waals surface area contributed by atoms with Gasteiger partial charge in [0.1, 0.15) is 12.2 Å². The number of alkyl halides is 2. The summed E-state index contributed by atoms with van der Waals surface area (Å²) in [6, 6.07) is 15.1. The molecule has 0 fully saturated rings. The van der Waals surface area contributed by atoms with Crippen molar-refractivity contribution < 1.29 is 19.1 Å². The van der Waals surface area contributed by atoms with Gasteiger partial charge in [0.05, 0.1) is 5.56 Å². The predicted octanol–water partition coefficient (Wildman–Crippen LogP) is 5.71. The van der Waals surface area contributed by atoms with Crippen molar-refractivity contribution in [1.29, 1.82) is 0 Å². The van der Waals surface area contributed by atoms with Crippen LogP contribution < -0.4 is 5.73 Å². The summed E-state index contributed by atoms with van der Waals surface area (Å²) in [6.45, 7) is 5.81. The van der Waals surface area contributed by atoms with Gasteiger partial charge >= 0.3 is 12.1 Å². The third-order valence-corrected chi connectivity index (χ3v) is 4.60. The molecule has 0 saturated carbocycles. The molecule has 0 radical (unpaired) electrons. The third kappa shape index (κ3) is 9.90. The van der Waals surface area contributed by atoms with E-state index in [2.05, 4.69) is 36.6 Å². The van der Waals surface area contributed by atoms with Crippen LogP contribution in [0.25, 0.3) is 0 Å². The van der Waals surface area contributed by atoms with E-state index in [0.29, 0.717) is 5.56 Å². The first-order valence-electron chi connectivity index (χ1n) is 8.59. The molecule has 152 valence electrons. The average Bonchev–Trinajstić information content (AvgIpc) is 2.66. The zero-order valence-electron chi connectivity index (χ0n) is 16.2. The fourth-order valence-electron chi connectivity index (χ4n) is 1.95. The highest BCUT2D eigenvalue weighted by Crippen LogP contribution is 2.14. The number of ether oxygens (including phenoxy) is 2. The number of nitrogens with two attached hydrogens (primary N) is 1. The minimum Gasteiger partial charge on any atom is -0.456 e. The molecule has 2 aromatic carbocycles. The molecular weight excluding hydrogens is 490 g/mol. The highest BCUT2D eigenvalue weighted by Gasteiger charge is 2.17. The van der Waals surface area contributed by atoms with Crippen LogP contribution in [-0.2, 0) is 26.7 Å². The van der Waals surface area contributed by atoms with Crippen molar-refractivity contribution in [3.8, 4) is 0 Å². The van der Waals surface area contributed by atoms with E-state index in [1.807, 2.05) is 57.2 Å². The van der Waals surface area contributed by atoms with Crippen molar-refractivity contribution in [2.45, 2.75) is 43.6 Å². The number of carbonyl (C=O) groups excluding carboxylic acids is 2. The molecule has 1 amide bonds. The molecule has 0 atom stereocenters. The molecule has 28 heavy (non-hydrogen) atoms. The van der Waals surface area contributed by atoms with Gasteiger partial charge in [0.2, 0.25) is 0 Å². The lowest BCUT2D eigenvalue weighted by atomic mass is 10.1. The summed E-state index contributed by atoms with van der Waals surface area (Å²) in [7, 11) is 0. The highest BCUT2D eigenvalue weighted by molar-refractivity contribution is 9.08. The molecular formula is C21H25Br2NO4. The number of hydrogen-bond donors (Lipinski definition) is 1. The quantitative estimate of drug-likeness (QED) is 0.409. The molecule has 2 rings (SSSR count). The van der Waals surface area contributed by atoms with Crippen molar-refractivity contribution in [1.82, 2.24) is 0 Å². The second-order valence-electron chi connectivity index (χ2n) is 6.89. The number of carbonyl (C=O) groups is 2. The van der Waals surface area contributed by atoms with Crippen LogP contribution in [-0.4, -0.2) is 17.7 Å². The Balaban J connectivity index is 0.000000283. The van der Waals surface area contributed by atoms with E-state index in [0.717, 1.165) is 21.8 Å². The van der Waals surface area contributed by atoms with Gasteiger partial charge < -0.3 is 15.2 Å². The van der Waals surface area contributed by atoms with E-state index >= 15 is 0 Å². The zero-order chi connectivity index (χ0) is 21.2. The molecule has 2 N–H and O–H groups in total. The lowest BCUT2D eigenvalue weighted by Gasteiger charge is -2.19. The van der Waals surface area contributed by atoms with E-state index in [1.54, 1.807) is 12.1 Å². The van der Waals surface area contributed by atoms with Crippen LogP contribution >= 0.6 is 31.9 Å². The average molecular weight is 515 g/mol. The molecule has 0 saturated heterocycles. The summed E-state index contributed by atoms with van der Waals surface area (Å²) in [6.07, 6.45) is -0.746. The summed E-state index contributed by atoms with van der Waals surface area (Å²) >= 11 is 6.69. The van der Waals surface area contributed by atoms with Gasteiger partial charge in [-0.3, -0.25) is 0 Å². The van der Waals surface area contributed by atoms with E-state index in [1.165, 1.54) is 5.56 Å². The first-order chi connectivity index (χ1) is 13.1. The van der Waals surface area contributed by atoms with Gasteiger partial charge in [-0.05, 0) is 49.6 Å². The molecule has 2 aromatic rings. The van der Waals surface area contributed by atoms with Gasteiger partial charge in [-0.15, -0.1) is 0 Å². The van der Waals surface area contributed by atoms with Crippen molar-refractivity contribution in [2.75, 3.05) is 0 Å². The number of benzene rings is 2. The van der Waals surface area contributed by atoms with Crippen molar-refractivity contribution in [3.63, 3.8) is 0 Å². The Hall–Kier alpha value is -1.86. The zero-order valence-corrected chi connectivity index (χ0v) is 19.4. The van der Waals surface area contributed by atoms with Crippen LogP contribution in [0.1, 0.15) is 47.8 Å². The number of primary amides is 1.